The molecule has 140 valence electrons. The Morgan fingerprint density at radius 1 is 1.04 bits per heavy atom. The molecule has 3 rings (SSSR count). The monoisotopic (exact) mass is 384 g/mol. The lowest BCUT2D eigenvalue weighted by Crippen LogP contribution is -2.23. The summed E-state index contributed by atoms with van der Waals surface area (Å²) in [6, 6.07) is 9.79. The highest BCUT2D eigenvalue weighted by Gasteiger charge is 2.40. The summed E-state index contributed by atoms with van der Waals surface area (Å²) in [5.74, 6) is -1.60. The Morgan fingerprint density at radius 3 is 2.35 bits per heavy atom. The first-order valence-electron chi connectivity index (χ1n) is 8.41. The minimum Gasteiger partial charge on any atom is -0.346 e. The smallest absolute Gasteiger partial charge is 0.346 e. The van der Waals surface area contributed by atoms with Crippen LogP contribution in [-0.2, 0) is 15.9 Å². The summed E-state index contributed by atoms with van der Waals surface area (Å²) in [5, 5.41) is 0.461. The zero-order valence-electron chi connectivity index (χ0n) is 14.6. The summed E-state index contributed by atoms with van der Waals surface area (Å²) >= 11 is 5.96. The molecule has 26 heavy (non-hydrogen) atoms. The van der Waals surface area contributed by atoms with Crippen LogP contribution in [0, 0.1) is 13.8 Å². The van der Waals surface area contributed by atoms with Gasteiger partial charge in [0.15, 0.2) is 6.29 Å². The topological polar surface area (TPSA) is 18.5 Å². The molecule has 2 aromatic carbocycles. The van der Waals surface area contributed by atoms with Gasteiger partial charge in [-0.2, -0.15) is 13.2 Å². The van der Waals surface area contributed by atoms with Crippen LogP contribution in [0.25, 0.3) is 0 Å². The molecule has 1 aliphatic rings. The molecular formula is C20H20ClF3O2. The van der Waals surface area contributed by atoms with Crippen molar-refractivity contribution in [2.75, 3.05) is 13.2 Å². The predicted molar refractivity (Wildman–Crippen MR) is 94.5 cm³/mol. The molecule has 0 bridgehead atoms. The largest absolute Gasteiger partial charge is 0.396 e. The second kappa shape index (κ2) is 7.59. The lowest BCUT2D eigenvalue weighted by atomic mass is 9.89. The van der Waals surface area contributed by atoms with Crippen molar-refractivity contribution >= 4 is 11.6 Å². The van der Waals surface area contributed by atoms with Crippen molar-refractivity contribution in [3.63, 3.8) is 0 Å². The Hall–Kier alpha value is -1.56. The third kappa shape index (κ3) is 4.22. The van der Waals surface area contributed by atoms with Gasteiger partial charge in [0.2, 0.25) is 0 Å². The highest BCUT2D eigenvalue weighted by molar-refractivity contribution is 6.31. The van der Waals surface area contributed by atoms with Crippen LogP contribution >= 0.6 is 11.6 Å². The average Bonchev–Trinajstić information content (AvgIpc) is 3.10. The lowest BCUT2D eigenvalue weighted by Gasteiger charge is -2.22. The molecule has 0 amide bonds. The van der Waals surface area contributed by atoms with Crippen molar-refractivity contribution in [2.24, 2.45) is 0 Å². The van der Waals surface area contributed by atoms with Crippen LogP contribution in [0.15, 0.2) is 36.4 Å². The zero-order chi connectivity index (χ0) is 18.9. The highest BCUT2D eigenvalue weighted by Crippen LogP contribution is 2.39. The van der Waals surface area contributed by atoms with Crippen LogP contribution in [0.2, 0.25) is 5.02 Å². The Bertz CT molecular complexity index is 783. The lowest BCUT2D eigenvalue weighted by molar-refractivity contribution is -0.150. The fourth-order valence-electron chi connectivity index (χ4n) is 3.15. The van der Waals surface area contributed by atoms with Gasteiger partial charge in [-0.15, -0.1) is 0 Å². The van der Waals surface area contributed by atoms with Gasteiger partial charge in [-0.25, -0.2) is 0 Å². The van der Waals surface area contributed by atoms with Crippen molar-refractivity contribution in [1.29, 1.82) is 0 Å². The van der Waals surface area contributed by atoms with Crippen molar-refractivity contribution in [3.8, 4) is 0 Å². The number of hydrogen-bond acceptors (Lipinski definition) is 2. The van der Waals surface area contributed by atoms with E-state index in [2.05, 4.69) is 0 Å². The molecule has 0 aromatic heterocycles. The fourth-order valence-corrected chi connectivity index (χ4v) is 3.27. The number of benzene rings is 2. The highest BCUT2D eigenvalue weighted by atomic mass is 35.5. The van der Waals surface area contributed by atoms with Gasteiger partial charge in [-0.3, -0.25) is 0 Å². The van der Waals surface area contributed by atoms with Crippen molar-refractivity contribution in [2.45, 2.75) is 38.7 Å². The second-order valence-corrected chi connectivity index (χ2v) is 6.98. The first-order valence-corrected chi connectivity index (χ1v) is 8.79. The van der Waals surface area contributed by atoms with Crippen LogP contribution < -0.4 is 0 Å². The number of alkyl halides is 3. The Balaban J connectivity index is 1.92. The van der Waals surface area contributed by atoms with Gasteiger partial charge in [-0.05, 0) is 48.6 Å². The third-order valence-electron chi connectivity index (χ3n) is 4.64. The number of halogens is 4. The molecule has 1 fully saturated rings. The predicted octanol–water partition coefficient (Wildman–Crippen LogP) is 5.89. The first-order chi connectivity index (χ1) is 12.3. The summed E-state index contributed by atoms with van der Waals surface area (Å²) in [6.45, 7) is 4.58. The molecule has 1 heterocycles. The minimum absolute atomic E-state index is 0.148. The van der Waals surface area contributed by atoms with E-state index in [1.807, 2.05) is 13.0 Å². The molecule has 1 aliphatic heterocycles. The maximum Gasteiger partial charge on any atom is 0.396 e. The summed E-state index contributed by atoms with van der Waals surface area (Å²) in [4.78, 5) is 0. The normalized spacial score (nSPS) is 16.8. The molecule has 0 spiro atoms. The third-order valence-corrected chi connectivity index (χ3v) is 5.06. The van der Waals surface area contributed by atoms with E-state index in [1.165, 1.54) is 18.2 Å². The molecule has 0 N–H and O–H groups in total. The zero-order valence-corrected chi connectivity index (χ0v) is 15.3. The van der Waals surface area contributed by atoms with E-state index in [1.54, 1.807) is 19.1 Å². The Labute approximate surface area is 155 Å². The van der Waals surface area contributed by atoms with E-state index in [4.69, 9.17) is 21.1 Å². The minimum atomic E-state index is -4.36. The quantitative estimate of drug-likeness (QED) is 0.654. The number of rotatable bonds is 4. The van der Waals surface area contributed by atoms with E-state index >= 15 is 0 Å². The van der Waals surface area contributed by atoms with E-state index in [-0.39, 0.29) is 12.0 Å². The molecule has 1 saturated heterocycles. The molecular weight excluding hydrogens is 365 g/mol. The van der Waals surface area contributed by atoms with E-state index in [0.717, 1.165) is 11.1 Å². The van der Waals surface area contributed by atoms with Crippen LogP contribution in [0.1, 0.15) is 40.0 Å². The molecule has 6 heteroatoms. The first kappa shape index (κ1) is 19.2. The van der Waals surface area contributed by atoms with Crippen molar-refractivity contribution in [1.82, 2.24) is 0 Å². The molecule has 0 saturated carbocycles. The summed E-state index contributed by atoms with van der Waals surface area (Å²) < 4.78 is 52.2. The van der Waals surface area contributed by atoms with Gasteiger partial charge in [0.1, 0.15) is 0 Å². The fraction of sp³-hybridized carbons (Fsp3) is 0.400. The molecule has 0 aliphatic carbocycles. The van der Waals surface area contributed by atoms with E-state index < -0.39 is 18.4 Å². The van der Waals surface area contributed by atoms with E-state index in [0.29, 0.717) is 29.4 Å². The van der Waals surface area contributed by atoms with Gasteiger partial charge < -0.3 is 9.47 Å². The number of hydrogen-bond donors (Lipinski definition) is 0. The second-order valence-electron chi connectivity index (χ2n) is 6.57. The SMILES string of the molecule is Cc1cc([C@H](Cc2ccc(C)c(C3OCCO3)c2)C(F)(F)F)ccc1Cl. The molecule has 0 unspecified atom stereocenters. The maximum atomic E-state index is 13.7. The average molecular weight is 385 g/mol. The Kier molecular flexibility index (Phi) is 5.61. The number of ether oxygens (including phenoxy) is 2. The summed E-state index contributed by atoms with van der Waals surface area (Å²) in [7, 11) is 0. The molecule has 1 atom stereocenters. The number of aryl methyl sites for hydroxylation is 2. The van der Waals surface area contributed by atoms with Gasteiger partial charge in [-0.1, -0.05) is 41.9 Å². The maximum absolute atomic E-state index is 13.7. The van der Waals surface area contributed by atoms with Crippen molar-refractivity contribution < 1.29 is 22.6 Å². The summed E-state index contributed by atoms with van der Waals surface area (Å²) in [6.07, 6.45) is -5.01. The van der Waals surface area contributed by atoms with Crippen LogP contribution in [0.4, 0.5) is 13.2 Å². The van der Waals surface area contributed by atoms with Crippen LogP contribution in [0.3, 0.4) is 0 Å². The van der Waals surface area contributed by atoms with Gasteiger partial charge >= 0.3 is 6.18 Å². The molecule has 2 aromatic rings. The standard InChI is InChI=1S/C20H20ClF3O2/c1-12-3-4-14(10-16(12)19-25-7-8-26-19)11-17(20(22,23)24)15-5-6-18(21)13(2)9-15/h3-6,9-10,17,19H,7-8,11H2,1-2H3/t17-/m0/s1. The van der Waals surface area contributed by atoms with Crippen molar-refractivity contribution in [3.05, 3.63) is 69.2 Å². The summed E-state index contributed by atoms with van der Waals surface area (Å²) in [5.41, 5.74) is 3.17. The van der Waals surface area contributed by atoms with Gasteiger partial charge in [0.25, 0.3) is 0 Å². The van der Waals surface area contributed by atoms with Gasteiger partial charge in [0, 0.05) is 10.6 Å². The Morgan fingerprint density at radius 2 is 1.73 bits per heavy atom. The van der Waals surface area contributed by atoms with Crippen LogP contribution in [0.5, 0.6) is 0 Å². The van der Waals surface area contributed by atoms with E-state index in [9.17, 15) is 13.2 Å². The molecule has 0 radical (unpaired) electrons. The van der Waals surface area contributed by atoms with Gasteiger partial charge in [0.05, 0.1) is 19.1 Å². The van der Waals surface area contributed by atoms with Crippen LogP contribution in [-0.4, -0.2) is 19.4 Å². The molecule has 2 nitrogen and oxygen atoms in total.